The Morgan fingerprint density at radius 2 is 2.12 bits per heavy atom. The zero-order chi connectivity index (χ0) is 18.5. The van der Waals surface area contributed by atoms with Crippen LogP contribution in [0.4, 0.5) is 0 Å². The normalized spacial score (nSPS) is 16.4. The van der Waals surface area contributed by atoms with Crippen LogP contribution in [0.15, 0.2) is 36.5 Å². The summed E-state index contributed by atoms with van der Waals surface area (Å²) in [6.07, 6.45) is 3.44. The molecule has 3 rings (SSSR count). The molecule has 26 heavy (non-hydrogen) atoms. The number of ether oxygens (including phenoxy) is 3. The van der Waals surface area contributed by atoms with Crippen LogP contribution < -0.4 is 14.2 Å². The molecule has 2 aromatic rings. The molecule has 1 aromatic carbocycles. The number of hydrogen-bond acceptors (Lipinski definition) is 5. The molecule has 0 bridgehead atoms. The highest BCUT2D eigenvalue weighted by Crippen LogP contribution is 2.40. The van der Waals surface area contributed by atoms with Gasteiger partial charge in [0, 0.05) is 18.3 Å². The molecule has 0 aliphatic carbocycles. The second-order valence-corrected chi connectivity index (χ2v) is 6.05. The summed E-state index contributed by atoms with van der Waals surface area (Å²) in [5.41, 5.74) is 1.45. The molecule has 1 aromatic heterocycles. The van der Waals surface area contributed by atoms with Crippen LogP contribution in [0.25, 0.3) is 0 Å². The Hall–Kier alpha value is -2.76. The van der Waals surface area contributed by atoms with Crippen LogP contribution in [0.2, 0.25) is 0 Å². The van der Waals surface area contributed by atoms with Gasteiger partial charge in [-0.1, -0.05) is 0 Å². The number of rotatable bonds is 6. The molecule has 6 heteroatoms. The highest BCUT2D eigenvalue weighted by Gasteiger charge is 2.34. The van der Waals surface area contributed by atoms with Crippen molar-refractivity contribution in [2.45, 2.75) is 25.8 Å². The number of benzene rings is 1. The Balaban J connectivity index is 1.95. The first-order valence-electron chi connectivity index (χ1n) is 8.80. The number of amides is 1. The van der Waals surface area contributed by atoms with Crippen LogP contribution in [0.1, 0.15) is 41.7 Å². The van der Waals surface area contributed by atoms with Gasteiger partial charge in [0.05, 0.1) is 26.9 Å². The van der Waals surface area contributed by atoms with Crippen molar-refractivity contribution in [2.24, 2.45) is 0 Å². The molecule has 1 amide bonds. The molecule has 1 atom stereocenters. The van der Waals surface area contributed by atoms with Crippen LogP contribution in [-0.2, 0) is 0 Å². The van der Waals surface area contributed by atoms with Crippen LogP contribution in [0.3, 0.4) is 0 Å². The number of carbonyl (C=O) groups excluding carboxylic acids is 1. The molecule has 1 saturated heterocycles. The number of methoxy groups -OCH3 is 2. The Kier molecular flexibility index (Phi) is 5.61. The lowest BCUT2D eigenvalue weighted by Crippen LogP contribution is -2.31. The van der Waals surface area contributed by atoms with E-state index in [1.807, 2.05) is 30.0 Å². The molecule has 6 nitrogen and oxygen atoms in total. The van der Waals surface area contributed by atoms with Gasteiger partial charge in [0.2, 0.25) is 5.88 Å². The summed E-state index contributed by atoms with van der Waals surface area (Å²) in [4.78, 5) is 19.3. The lowest BCUT2D eigenvalue weighted by Gasteiger charge is -2.27. The van der Waals surface area contributed by atoms with Gasteiger partial charge in [-0.15, -0.1) is 0 Å². The number of carbonyl (C=O) groups is 1. The fourth-order valence-corrected chi connectivity index (χ4v) is 3.39. The predicted octanol–water partition coefficient (Wildman–Crippen LogP) is 3.47. The summed E-state index contributed by atoms with van der Waals surface area (Å²) in [6, 6.07) is 9.14. The molecule has 1 fully saturated rings. The summed E-state index contributed by atoms with van der Waals surface area (Å²) in [5, 5.41) is 0. The second kappa shape index (κ2) is 8.08. The average Bonchev–Trinajstić information content (AvgIpc) is 3.17. The van der Waals surface area contributed by atoms with Crippen LogP contribution >= 0.6 is 0 Å². The van der Waals surface area contributed by atoms with Crippen molar-refractivity contribution in [1.29, 1.82) is 0 Å². The molecular formula is C20H24N2O4. The van der Waals surface area contributed by atoms with Gasteiger partial charge < -0.3 is 19.1 Å². The fourth-order valence-electron chi connectivity index (χ4n) is 3.39. The number of likely N-dealkylation sites (tertiary alicyclic amines) is 1. The summed E-state index contributed by atoms with van der Waals surface area (Å²) in [7, 11) is 3.27. The smallest absolute Gasteiger partial charge is 0.259 e. The summed E-state index contributed by atoms with van der Waals surface area (Å²) < 4.78 is 16.4. The van der Waals surface area contributed by atoms with E-state index in [1.54, 1.807) is 32.5 Å². The van der Waals surface area contributed by atoms with E-state index in [1.165, 1.54) is 0 Å². The second-order valence-electron chi connectivity index (χ2n) is 6.05. The molecule has 1 unspecified atom stereocenters. The molecule has 0 saturated carbocycles. The highest BCUT2D eigenvalue weighted by atomic mass is 16.5. The Morgan fingerprint density at radius 3 is 2.85 bits per heavy atom. The lowest BCUT2D eigenvalue weighted by molar-refractivity contribution is 0.0729. The molecule has 138 valence electrons. The van der Waals surface area contributed by atoms with E-state index in [9.17, 15) is 4.79 Å². The number of aromatic nitrogens is 1. The van der Waals surface area contributed by atoms with E-state index >= 15 is 0 Å². The van der Waals surface area contributed by atoms with E-state index < -0.39 is 0 Å². The molecule has 0 radical (unpaired) electrons. The minimum absolute atomic E-state index is 0.0674. The van der Waals surface area contributed by atoms with Crippen LogP contribution in [0, 0.1) is 0 Å². The van der Waals surface area contributed by atoms with Gasteiger partial charge in [-0.25, -0.2) is 4.98 Å². The minimum atomic E-state index is -0.0751. The molecule has 0 spiro atoms. The lowest BCUT2D eigenvalue weighted by atomic mass is 10.0. The fraction of sp³-hybridized carbons (Fsp3) is 0.400. The predicted molar refractivity (Wildman–Crippen MR) is 98.0 cm³/mol. The molecule has 1 aliphatic rings. The summed E-state index contributed by atoms with van der Waals surface area (Å²) >= 11 is 0. The zero-order valence-electron chi connectivity index (χ0n) is 15.4. The Labute approximate surface area is 153 Å². The molecule has 1 aliphatic heterocycles. The van der Waals surface area contributed by atoms with Gasteiger partial charge >= 0.3 is 0 Å². The first-order chi connectivity index (χ1) is 12.7. The molecule has 2 heterocycles. The topological polar surface area (TPSA) is 60.9 Å². The Bertz CT molecular complexity index is 778. The quantitative estimate of drug-likeness (QED) is 0.793. The summed E-state index contributed by atoms with van der Waals surface area (Å²) in [6.45, 7) is 3.03. The van der Waals surface area contributed by atoms with E-state index in [-0.39, 0.29) is 11.9 Å². The standard InChI is InChI=1S/C20H24N2O4/c1-4-26-19-15(7-5-11-21-19)20(23)22-12-6-8-17(22)16-13-14(24-2)9-10-18(16)25-3/h5,7,9-11,13,17H,4,6,8,12H2,1-3H3. The van der Waals surface area contributed by atoms with E-state index in [0.29, 0.717) is 24.6 Å². The first-order valence-corrected chi connectivity index (χ1v) is 8.80. The van der Waals surface area contributed by atoms with Crippen LogP contribution in [0.5, 0.6) is 17.4 Å². The third-order valence-corrected chi connectivity index (χ3v) is 4.59. The van der Waals surface area contributed by atoms with Gasteiger partial charge in [-0.2, -0.15) is 0 Å². The van der Waals surface area contributed by atoms with Gasteiger partial charge in [-0.05, 0) is 50.1 Å². The van der Waals surface area contributed by atoms with Crippen molar-refractivity contribution in [3.8, 4) is 17.4 Å². The summed E-state index contributed by atoms with van der Waals surface area (Å²) in [5.74, 6) is 1.81. The maximum atomic E-state index is 13.2. The highest BCUT2D eigenvalue weighted by molar-refractivity contribution is 5.96. The SMILES string of the molecule is CCOc1ncccc1C(=O)N1CCCC1c1cc(OC)ccc1OC. The largest absolute Gasteiger partial charge is 0.497 e. The zero-order valence-corrected chi connectivity index (χ0v) is 15.4. The third kappa shape index (κ3) is 3.45. The van der Waals surface area contributed by atoms with Gasteiger partial charge in [0.25, 0.3) is 5.91 Å². The van der Waals surface area contributed by atoms with Crippen molar-refractivity contribution >= 4 is 5.91 Å². The number of hydrogen-bond donors (Lipinski definition) is 0. The monoisotopic (exact) mass is 356 g/mol. The maximum Gasteiger partial charge on any atom is 0.259 e. The minimum Gasteiger partial charge on any atom is -0.497 e. The average molecular weight is 356 g/mol. The van der Waals surface area contributed by atoms with E-state index in [4.69, 9.17) is 14.2 Å². The number of nitrogens with zero attached hydrogens (tertiary/aromatic N) is 2. The van der Waals surface area contributed by atoms with Crippen LogP contribution in [-0.4, -0.2) is 43.2 Å². The van der Waals surface area contributed by atoms with Crippen molar-refractivity contribution in [1.82, 2.24) is 9.88 Å². The van der Waals surface area contributed by atoms with Crippen molar-refractivity contribution in [3.05, 3.63) is 47.7 Å². The molecular weight excluding hydrogens is 332 g/mol. The van der Waals surface area contributed by atoms with E-state index in [2.05, 4.69) is 4.98 Å². The number of pyridine rings is 1. The van der Waals surface area contributed by atoms with Gasteiger partial charge in [0.1, 0.15) is 17.1 Å². The Morgan fingerprint density at radius 1 is 1.27 bits per heavy atom. The van der Waals surface area contributed by atoms with E-state index in [0.717, 1.165) is 29.9 Å². The molecule has 0 N–H and O–H groups in total. The van der Waals surface area contributed by atoms with Gasteiger partial charge in [-0.3, -0.25) is 4.79 Å². The van der Waals surface area contributed by atoms with Crippen molar-refractivity contribution in [2.75, 3.05) is 27.4 Å². The third-order valence-electron chi connectivity index (χ3n) is 4.59. The maximum absolute atomic E-state index is 13.2. The first kappa shape index (κ1) is 18.0. The van der Waals surface area contributed by atoms with Crippen molar-refractivity contribution in [3.63, 3.8) is 0 Å². The van der Waals surface area contributed by atoms with Gasteiger partial charge in [0.15, 0.2) is 0 Å². The van der Waals surface area contributed by atoms with Crippen molar-refractivity contribution < 1.29 is 19.0 Å².